The van der Waals surface area contributed by atoms with Crippen LogP contribution in [0.1, 0.15) is 33.6 Å². The zero-order valence-corrected chi connectivity index (χ0v) is 16.6. The number of hydrogen-bond donors (Lipinski definition) is 0. The molecule has 0 N–H and O–H groups in total. The summed E-state index contributed by atoms with van der Waals surface area (Å²) in [5.41, 5.74) is 3.01. The lowest BCUT2D eigenvalue weighted by Gasteiger charge is -2.35. The van der Waals surface area contributed by atoms with Gasteiger partial charge in [0.2, 0.25) is 0 Å². The summed E-state index contributed by atoms with van der Waals surface area (Å²) in [6.07, 6.45) is 2.10. The van der Waals surface area contributed by atoms with Gasteiger partial charge in [0.05, 0.1) is 12.6 Å². The van der Waals surface area contributed by atoms with Crippen LogP contribution in [0.2, 0.25) is 0 Å². The Morgan fingerprint density at radius 2 is 1.80 bits per heavy atom. The Morgan fingerprint density at radius 1 is 1.07 bits per heavy atom. The van der Waals surface area contributed by atoms with Crippen molar-refractivity contribution in [1.82, 2.24) is 24.8 Å². The minimum absolute atomic E-state index is 0.108. The van der Waals surface area contributed by atoms with Gasteiger partial charge in [0, 0.05) is 18.5 Å². The smallest absolute Gasteiger partial charge is 0.260 e. The third-order valence-corrected chi connectivity index (χ3v) is 5.41. The Balaban J connectivity index is 1.53. The predicted octanol–water partition coefficient (Wildman–Crippen LogP) is 3.68. The summed E-state index contributed by atoms with van der Waals surface area (Å²) in [6, 6.07) is 19.5. The van der Waals surface area contributed by atoms with E-state index >= 15 is 0 Å². The minimum Gasteiger partial charge on any atom is -0.363 e. The van der Waals surface area contributed by atoms with E-state index in [0.29, 0.717) is 36.6 Å². The molecule has 30 heavy (non-hydrogen) atoms. The van der Waals surface area contributed by atoms with Crippen LogP contribution in [0.4, 0.5) is 0 Å². The lowest BCUT2D eigenvalue weighted by Crippen LogP contribution is -2.43. The van der Waals surface area contributed by atoms with Crippen molar-refractivity contribution < 1.29 is 9.32 Å². The molecule has 1 amide bonds. The van der Waals surface area contributed by atoms with Crippen molar-refractivity contribution in [1.29, 1.82) is 0 Å². The fraction of sp³-hybridized carbons (Fsp3) is 0.217. The molecule has 0 fully saturated rings. The number of amides is 1. The van der Waals surface area contributed by atoms with Gasteiger partial charge in [-0.15, -0.1) is 0 Å². The Morgan fingerprint density at radius 3 is 2.57 bits per heavy atom. The number of aryl methyl sites for hydroxylation is 1. The van der Waals surface area contributed by atoms with Crippen LogP contribution >= 0.6 is 0 Å². The Kier molecular flexibility index (Phi) is 4.63. The number of aromatic nitrogens is 4. The van der Waals surface area contributed by atoms with Crippen LogP contribution in [-0.4, -0.2) is 37.3 Å². The highest BCUT2D eigenvalue weighted by atomic mass is 16.5. The number of rotatable bonds is 4. The molecule has 7 nitrogen and oxygen atoms in total. The van der Waals surface area contributed by atoms with E-state index in [2.05, 4.69) is 27.4 Å². The van der Waals surface area contributed by atoms with Gasteiger partial charge in [0.25, 0.3) is 5.91 Å². The second kappa shape index (κ2) is 7.59. The van der Waals surface area contributed by atoms with Gasteiger partial charge in [-0.3, -0.25) is 4.79 Å². The monoisotopic (exact) mass is 399 g/mol. The lowest BCUT2D eigenvalue weighted by atomic mass is 10.0. The van der Waals surface area contributed by atoms with Crippen LogP contribution < -0.4 is 0 Å². The molecule has 0 radical (unpaired) electrons. The van der Waals surface area contributed by atoms with Gasteiger partial charge in [-0.1, -0.05) is 65.8 Å². The Bertz CT molecular complexity index is 1170. The summed E-state index contributed by atoms with van der Waals surface area (Å²) in [4.78, 5) is 20.2. The van der Waals surface area contributed by atoms with Crippen LogP contribution in [0.25, 0.3) is 11.3 Å². The van der Waals surface area contributed by atoms with Gasteiger partial charge in [-0.2, -0.15) is 5.10 Å². The topological polar surface area (TPSA) is 77.0 Å². The zero-order chi connectivity index (χ0) is 20.5. The largest absolute Gasteiger partial charge is 0.363 e. The number of nitrogens with zero attached hydrogens (tertiary/aromatic N) is 5. The number of hydrogen-bond acceptors (Lipinski definition) is 5. The first-order valence-electron chi connectivity index (χ1n) is 9.97. The highest BCUT2D eigenvalue weighted by Gasteiger charge is 2.35. The molecule has 5 rings (SSSR count). The van der Waals surface area contributed by atoms with Crippen molar-refractivity contribution >= 4 is 5.91 Å². The average molecular weight is 399 g/mol. The Hall–Kier alpha value is -3.74. The summed E-state index contributed by atoms with van der Waals surface area (Å²) < 4.78 is 7.12. The molecule has 0 unspecified atom stereocenters. The molecule has 0 spiro atoms. The van der Waals surface area contributed by atoms with Gasteiger partial charge < -0.3 is 9.42 Å². The van der Waals surface area contributed by atoms with Crippen LogP contribution in [-0.2, 0) is 13.0 Å². The molecule has 1 aliphatic rings. The number of benzene rings is 2. The van der Waals surface area contributed by atoms with Crippen molar-refractivity contribution in [3.63, 3.8) is 0 Å². The van der Waals surface area contributed by atoms with E-state index in [1.807, 2.05) is 65.0 Å². The van der Waals surface area contributed by atoms with Gasteiger partial charge in [0.1, 0.15) is 29.2 Å². The van der Waals surface area contributed by atoms with Crippen LogP contribution in [0.15, 0.2) is 71.4 Å². The van der Waals surface area contributed by atoms with E-state index in [-0.39, 0.29) is 11.9 Å². The first kappa shape index (κ1) is 18.3. The standard InChI is InChI=1S/C23H21N5O2/c1-16-24-22-20(14-17-8-4-2-5-9-17)27(12-13-28(22)25-16)23(29)19-15-30-26-21(19)18-10-6-3-7-11-18/h2-11,15,20H,12-14H2,1H3/t20-/m0/s1. The highest BCUT2D eigenvalue weighted by Crippen LogP contribution is 2.31. The third-order valence-electron chi connectivity index (χ3n) is 5.41. The second-order valence-corrected chi connectivity index (χ2v) is 7.39. The number of carbonyl (C=O) groups excluding carboxylic acids is 1. The second-order valence-electron chi connectivity index (χ2n) is 7.39. The molecule has 150 valence electrons. The zero-order valence-electron chi connectivity index (χ0n) is 16.6. The molecule has 0 saturated carbocycles. The van der Waals surface area contributed by atoms with Crippen molar-refractivity contribution in [3.8, 4) is 11.3 Å². The maximum atomic E-state index is 13.6. The minimum atomic E-state index is -0.214. The predicted molar refractivity (Wildman–Crippen MR) is 111 cm³/mol. The maximum absolute atomic E-state index is 13.6. The molecule has 0 aliphatic carbocycles. The molecule has 2 aromatic carbocycles. The molecule has 3 heterocycles. The van der Waals surface area contributed by atoms with E-state index in [4.69, 9.17) is 4.52 Å². The average Bonchev–Trinajstić information content (AvgIpc) is 3.41. The van der Waals surface area contributed by atoms with Crippen molar-refractivity contribution in [2.45, 2.75) is 25.9 Å². The molecular formula is C23H21N5O2. The van der Waals surface area contributed by atoms with Gasteiger partial charge in [-0.25, -0.2) is 9.67 Å². The van der Waals surface area contributed by atoms with Gasteiger partial charge in [-0.05, 0) is 12.5 Å². The Labute approximate surface area is 174 Å². The van der Waals surface area contributed by atoms with Crippen molar-refractivity contribution in [2.75, 3.05) is 6.54 Å². The summed E-state index contributed by atoms with van der Waals surface area (Å²) in [7, 11) is 0. The lowest BCUT2D eigenvalue weighted by molar-refractivity contribution is 0.0608. The number of carbonyl (C=O) groups is 1. The maximum Gasteiger partial charge on any atom is 0.260 e. The first-order chi connectivity index (χ1) is 14.7. The number of fused-ring (bicyclic) bond motifs is 1. The van der Waals surface area contributed by atoms with E-state index in [9.17, 15) is 4.79 Å². The molecule has 2 aromatic heterocycles. The molecule has 7 heteroatoms. The first-order valence-corrected chi connectivity index (χ1v) is 9.97. The van der Waals surface area contributed by atoms with Gasteiger partial charge in [0.15, 0.2) is 0 Å². The molecule has 0 bridgehead atoms. The van der Waals surface area contributed by atoms with E-state index in [1.54, 1.807) is 0 Å². The van der Waals surface area contributed by atoms with Gasteiger partial charge >= 0.3 is 0 Å². The molecule has 0 saturated heterocycles. The van der Waals surface area contributed by atoms with E-state index in [0.717, 1.165) is 17.0 Å². The molecular weight excluding hydrogens is 378 g/mol. The van der Waals surface area contributed by atoms with Crippen molar-refractivity contribution in [3.05, 3.63) is 89.7 Å². The third kappa shape index (κ3) is 3.28. The summed E-state index contributed by atoms with van der Waals surface area (Å²) in [6.45, 7) is 3.04. The normalized spacial score (nSPS) is 15.8. The summed E-state index contributed by atoms with van der Waals surface area (Å²) in [5, 5.41) is 8.61. The fourth-order valence-corrected chi connectivity index (χ4v) is 4.01. The van der Waals surface area contributed by atoms with Crippen LogP contribution in [0, 0.1) is 6.92 Å². The van der Waals surface area contributed by atoms with Crippen LogP contribution in [0.5, 0.6) is 0 Å². The van der Waals surface area contributed by atoms with Crippen molar-refractivity contribution in [2.24, 2.45) is 0 Å². The summed E-state index contributed by atoms with van der Waals surface area (Å²) >= 11 is 0. The molecule has 1 atom stereocenters. The van der Waals surface area contributed by atoms with E-state index < -0.39 is 0 Å². The quantitative estimate of drug-likeness (QED) is 0.523. The highest BCUT2D eigenvalue weighted by molar-refractivity contribution is 5.99. The van der Waals surface area contributed by atoms with Crippen LogP contribution in [0.3, 0.4) is 0 Å². The molecule has 4 aromatic rings. The molecule has 1 aliphatic heterocycles. The van der Waals surface area contributed by atoms with E-state index in [1.165, 1.54) is 6.26 Å². The SMILES string of the molecule is Cc1nc2n(n1)CCN(C(=O)c1conc1-c1ccccc1)[C@H]2Cc1ccccc1. The fourth-order valence-electron chi connectivity index (χ4n) is 4.01. The summed E-state index contributed by atoms with van der Waals surface area (Å²) in [5.74, 6) is 1.42.